The summed E-state index contributed by atoms with van der Waals surface area (Å²) >= 11 is 1.79. The second kappa shape index (κ2) is 7.66. The first-order valence-corrected chi connectivity index (χ1v) is 9.87. The van der Waals surface area contributed by atoms with Gasteiger partial charge in [-0.15, -0.1) is 11.3 Å². The zero-order chi connectivity index (χ0) is 18.0. The van der Waals surface area contributed by atoms with Crippen LogP contribution >= 0.6 is 11.3 Å². The van der Waals surface area contributed by atoms with Crippen molar-refractivity contribution >= 4 is 22.9 Å². The number of hydrogen-bond donors (Lipinski definition) is 2. The third kappa shape index (κ3) is 3.93. The molecule has 1 amide bonds. The summed E-state index contributed by atoms with van der Waals surface area (Å²) in [6.45, 7) is 9.08. The van der Waals surface area contributed by atoms with Gasteiger partial charge < -0.3 is 5.32 Å². The lowest BCUT2D eigenvalue weighted by Crippen LogP contribution is -2.30. The molecular weight excluding hydrogens is 334 g/mol. The SMILES string of the molecule is CCn1nc(C)c(NC(=O)CN[C@@H](C)c2nc3c(s2)CCCC3)c1C. The second-order valence-electron chi connectivity index (χ2n) is 6.64. The summed E-state index contributed by atoms with van der Waals surface area (Å²) in [5.41, 5.74) is 3.94. The third-order valence-electron chi connectivity index (χ3n) is 4.75. The average molecular weight is 362 g/mol. The number of hydrogen-bond acceptors (Lipinski definition) is 5. The van der Waals surface area contributed by atoms with E-state index in [0.717, 1.165) is 41.5 Å². The topological polar surface area (TPSA) is 71.8 Å². The van der Waals surface area contributed by atoms with Gasteiger partial charge >= 0.3 is 0 Å². The van der Waals surface area contributed by atoms with Crippen LogP contribution in [0.1, 0.15) is 59.7 Å². The predicted octanol–water partition coefficient (Wildman–Crippen LogP) is 3.14. The minimum absolute atomic E-state index is 0.0463. The number of thiazole rings is 1. The summed E-state index contributed by atoms with van der Waals surface area (Å²) in [6.07, 6.45) is 4.76. The molecule has 25 heavy (non-hydrogen) atoms. The van der Waals surface area contributed by atoms with Crippen LogP contribution < -0.4 is 10.6 Å². The van der Waals surface area contributed by atoms with E-state index in [9.17, 15) is 4.79 Å². The number of rotatable bonds is 6. The molecule has 136 valence electrons. The quantitative estimate of drug-likeness (QED) is 0.829. The highest BCUT2D eigenvalue weighted by molar-refractivity contribution is 7.11. The van der Waals surface area contributed by atoms with Crippen molar-refractivity contribution in [2.75, 3.05) is 11.9 Å². The average Bonchev–Trinajstić information content (AvgIpc) is 3.15. The Kier molecular flexibility index (Phi) is 5.54. The first kappa shape index (κ1) is 18.1. The van der Waals surface area contributed by atoms with Gasteiger partial charge in [-0.1, -0.05) is 0 Å². The van der Waals surface area contributed by atoms with E-state index in [1.54, 1.807) is 11.3 Å². The number of nitrogens with zero attached hydrogens (tertiary/aromatic N) is 3. The third-order valence-corrected chi connectivity index (χ3v) is 6.09. The van der Waals surface area contributed by atoms with Gasteiger partial charge in [-0.05, 0) is 53.4 Å². The van der Waals surface area contributed by atoms with Crippen molar-refractivity contribution in [3.8, 4) is 0 Å². The Morgan fingerprint density at radius 1 is 1.32 bits per heavy atom. The lowest BCUT2D eigenvalue weighted by atomic mass is 10.0. The summed E-state index contributed by atoms with van der Waals surface area (Å²) in [6, 6.07) is 0.0851. The molecule has 2 aromatic heterocycles. The minimum Gasteiger partial charge on any atom is -0.322 e. The van der Waals surface area contributed by atoms with Crippen LogP contribution in [-0.4, -0.2) is 27.2 Å². The van der Waals surface area contributed by atoms with Gasteiger partial charge in [0.2, 0.25) is 5.91 Å². The summed E-state index contributed by atoms with van der Waals surface area (Å²) in [7, 11) is 0. The fourth-order valence-electron chi connectivity index (χ4n) is 3.26. The first-order chi connectivity index (χ1) is 12.0. The van der Waals surface area contributed by atoms with Crippen molar-refractivity contribution in [2.45, 2.75) is 66.0 Å². The number of fused-ring (bicyclic) bond motifs is 1. The molecule has 0 aromatic carbocycles. The summed E-state index contributed by atoms with van der Waals surface area (Å²) < 4.78 is 1.90. The lowest BCUT2D eigenvalue weighted by molar-refractivity contribution is -0.115. The van der Waals surface area contributed by atoms with Crippen LogP contribution in [0, 0.1) is 13.8 Å². The Bertz CT molecular complexity index is 740. The predicted molar refractivity (Wildman–Crippen MR) is 101 cm³/mol. The molecule has 1 aliphatic carbocycles. The van der Waals surface area contributed by atoms with E-state index in [-0.39, 0.29) is 18.5 Å². The Labute approximate surface area is 153 Å². The van der Waals surface area contributed by atoms with Gasteiger partial charge in [0.15, 0.2) is 0 Å². The zero-order valence-electron chi connectivity index (χ0n) is 15.5. The van der Waals surface area contributed by atoms with Crippen LogP contribution in [0.3, 0.4) is 0 Å². The molecule has 3 rings (SSSR count). The largest absolute Gasteiger partial charge is 0.322 e. The summed E-state index contributed by atoms with van der Waals surface area (Å²) in [5.74, 6) is -0.0463. The van der Waals surface area contributed by atoms with Gasteiger partial charge in [0, 0.05) is 11.4 Å². The van der Waals surface area contributed by atoms with Crippen LogP contribution in [0.2, 0.25) is 0 Å². The molecule has 0 aliphatic heterocycles. The molecular formula is C18H27N5OS. The second-order valence-corrected chi connectivity index (χ2v) is 7.76. The number of carbonyl (C=O) groups is 1. The summed E-state index contributed by atoms with van der Waals surface area (Å²) in [5, 5.41) is 11.8. The number of aryl methyl sites for hydroxylation is 4. The number of aromatic nitrogens is 3. The van der Waals surface area contributed by atoms with E-state index in [0.29, 0.717) is 0 Å². The van der Waals surface area contributed by atoms with Gasteiger partial charge in [-0.25, -0.2) is 4.98 Å². The number of anilines is 1. The van der Waals surface area contributed by atoms with Crippen molar-refractivity contribution in [3.05, 3.63) is 27.0 Å². The van der Waals surface area contributed by atoms with E-state index < -0.39 is 0 Å². The maximum Gasteiger partial charge on any atom is 0.238 e. The van der Waals surface area contributed by atoms with Crippen LogP contribution in [-0.2, 0) is 24.2 Å². The van der Waals surface area contributed by atoms with Gasteiger partial charge in [0.05, 0.1) is 35.4 Å². The normalized spacial score (nSPS) is 15.0. The Balaban J connectivity index is 1.57. The van der Waals surface area contributed by atoms with Crippen molar-refractivity contribution in [1.29, 1.82) is 0 Å². The van der Waals surface area contributed by atoms with Gasteiger partial charge in [0.1, 0.15) is 5.01 Å². The number of nitrogens with one attached hydrogen (secondary N) is 2. The molecule has 0 fully saturated rings. The Hall–Kier alpha value is -1.73. The number of carbonyl (C=O) groups excluding carboxylic acids is 1. The van der Waals surface area contributed by atoms with Crippen LogP contribution in [0.25, 0.3) is 0 Å². The molecule has 0 spiro atoms. The monoisotopic (exact) mass is 361 g/mol. The van der Waals surface area contributed by atoms with Crippen LogP contribution in [0.15, 0.2) is 0 Å². The molecule has 7 heteroatoms. The van der Waals surface area contributed by atoms with Gasteiger partial charge in [-0.2, -0.15) is 5.10 Å². The molecule has 1 aliphatic rings. The van der Waals surface area contributed by atoms with Crippen molar-refractivity contribution in [3.63, 3.8) is 0 Å². The van der Waals surface area contributed by atoms with Crippen molar-refractivity contribution in [1.82, 2.24) is 20.1 Å². The molecule has 0 saturated carbocycles. The van der Waals surface area contributed by atoms with Crippen molar-refractivity contribution < 1.29 is 4.79 Å². The maximum absolute atomic E-state index is 12.3. The fraction of sp³-hybridized carbons (Fsp3) is 0.611. The molecule has 1 atom stereocenters. The Morgan fingerprint density at radius 2 is 2.08 bits per heavy atom. The highest BCUT2D eigenvalue weighted by Gasteiger charge is 2.19. The van der Waals surface area contributed by atoms with Gasteiger partial charge in [0.25, 0.3) is 0 Å². The van der Waals surface area contributed by atoms with Crippen molar-refractivity contribution in [2.24, 2.45) is 0 Å². The van der Waals surface area contributed by atoms with Crippen LogP contribution in [0.4, 0.5) is 5.69 Å². The highest BCUT2D eigenvalue weighted by Crippen LogP contribution is 2.29. The molecule has 2 aromatic rings. The molecule has 0 saturated heterocycles. The van der Waals surface area contributed by atoms with E-state index >= 15 is 0 Å². The van der Waals surface area contributed by atoms with Crippen LogP contribution in [0.5, 0.6) is 0 Å². The van der Waals surface area contributed by atoms with E-state index in [4.69, 9.17) is 4.98 Å². The minimum atomic E-state index is -0.0463. The Morgan fingerprint density at radius 3 is 2.76 bits per heavy atom. The molecule has 0 radical (unpaired) electrons. The summed E-state index contributed by atoms with van der Waals surface area (Å²) in [4.78, 5) is 18.5. The number of amides is 1. The first-order valence-electron chi connectivity index (χ1n) is 9.05. The zero-order valence-corrected chi connectivity index (χ0v) is 16.3. The van der Waals surface area contributed by atoms with Gasteiger partial charge in [-0.3, -0.25) is 14.8 Å². The molecule has 6 nitrogen and oxygen atoms in total. The standard InChI is InChI=1S/C18H27N5OS/c1-5-23-13(4)17(11(2)22-23)21-16(24)10-19-12(3)18-20-14-8-6-7-9-15(14)25-18/h12,19H,5-10H2,1-4H3,(H,21,24)/t12-/m0/s1. The maximum atomic E-state index is 12.3. The fourth-order valence-corrected chi connectivity index (χ4v) is 4.44. The van der Waals surface area contributed by atoms with E-state index in [1.807, 2.05) is 25.5 Å². The van der Waals surface area contributed by atoms with E-state index in [1.165, 1.54) is 23.4 Å². The highest BCUT2D eigenvalue weighted by atomic mass is 32.1. The smallest absolute Gasteiger partial charge is 0.238 e. The molecule has 2 N–H and O–H groups in total. The van der Waals surface area contributed by atoms with E-state index in [2.05, 4.69) is 22.7 Å². The lowest BCUT2D eigenvalue weighted by Gasteiger charge is -2.11. The molecule has 0 unspecified atom stereocenters. The molecule has 2 heterocycles. The molecule has 0 bridgehead atoms.